The third-order valence-corrected chi connectivity index (χ3v) is 3.95. The van der Waals surface area contributed by atoms with Crippen LogP contribution in [0.3, 0.4) is 0 Å². The van der Waals surface area contributed by atoms with E-state index in [-0.39, 0.29) is 0 Å². The molecule has 1 heterocycles. The van der Waals surface area contributed by atoms with Crippen molar-refractivity contribution in [1.82, 2.24) is 4.98 Å². The Hall–Kier alpha value is -3.67. The topological polar surface area (TPSA) is 85.9 Å². The summed E-state index contributed by atoms with van der Waals surface area (Å²) in [5.74, 6) is 1.14. The van der Waals surface area contributed by atoms with Gasteiger partial charge in [0.2, 0.25) is 0 Å². The third-order valence-electron chi connectivity index (χ3n) is 3.95. The van der Waals surface area contributed by atoms with Crippen LogP contribution in [0.2, 0.25) is 0 Å². The number of nitrogens with one attached hydrogen (secondary N) is 1. The highest BCUT2D eigenvalue weighted by Crippen LogP contribution is 2.19. The Bertz CT molecular complexity index is 995. The van der Waals surface area contributed by atoms with Gasteiger partial charge in [-0.15, -0.1) is 0 Å². The van der Waals surface area contributed by atoms with Crippen LogP contribution in [-0.4, -0.2) is 10.1 Å². The highest BCUT2D eigenvalue weighted by molar-refractivity contribution is 5.74. The van der Waals surface area contributed by atoms with Crippen molar-refractivity contribution in [3.05, 3.63) is 106 Å². The van der Waals surface area contributed by atoms with E-state index < -0.39 is 5.09 Å². The van der Waals surface area contributed by atoms with Gasteiger partial charge in [-0.2, -0.15) is 0 Å². The Balaban J connectivity index is 0.000000447. The molecule has 0 saturated carbocycles. The second-order valence-corrected chi connectivity index (χ2v) is 5.65. The summed E-state index contributed by atoms with van der Waals surface area (Å²) in [7, 11) is 0. The predicted octanol–water partition coefficient (Wildman–Crippen LogP) is 3.93. The fourth-order valence-corrected chi connectivity index (χ4v) is 2.88. The zero-order chi connectivity index (χ0) is 18.4. The molecule has 26 heavy (non-hydrogen) atoms. The maximum atomic E-state index is 8.25. The number of H-pyrrole nitrogens is 1. The minimum Gasteiger partial charge on any atom is -0.356 e. The third kappa shape index (κ3) is 4.05. The van der Waals surface area contributed by atoms with E-state index in [9.17, 15) is 0 Å². The predicted molar refractivity (Wildman–Crippen MR) is 99.8 cm³/mol. The number of aromatic nitrogens is 2. The van der Waals surface area contributed by atoms with E-state index in [0.29, 0.717) is 0 Å². The van der Waals surface area contributed by atoms with Crippen LogP contribution in [-0.2, 0) is 6.54 Å². The van der Waals surface area contributed by atoms with E-state index in [1.165, 1.54) is 16.6 Å². The summed E-state index contributed by atoms with van der Waals surface area (Å²) in [5, 5.41) is 14.8. The molecule has 0 atom stereocenters. The summed E-state index contributed by atoms with van der Waals surface area (Å²) in [5.41, 5.74) is 4.89. The van der Waals surface area contributed by atoms with Crippen molar-refractivity contribution in [3.63, 3.8) is 0 Å². The minimum atomic E-state index is -1.75. The molecule has 0 aliphatic carbocycles. The Morgan fingerprint density at radius 2 is 1.35 bits per heavy atom. The van der Waals surface area contributed by atoms with Gasteiger partial charge in [-0.25, -0.2) is 9.55 Å². The van der Waals surface area contributed by atoms with Crippen molar-refractivity contribution in [2.75, 3.05) is 0 Å². The number of nitrogens with zero attached hydrogens (tertiary/aromatic N) is 2. The van der Waals surface area contributed by atoms with Crippen molar-refractivity contribution in [1.29, 1.82) is 0 Å². The lowest BCUT2D eigenvalue weighted by Gasteiger charge is -2.03. The zero-order valence-electron chi connectivity index (χ0n) is 13.9. The Morgan fingerprint density at radius 3 is 2.00 bits per heavy atom. The molecule has 4 rings (SSSR count). The smallest absolute Gasteiger partial charge is 0.287 e. The second-order valence-electron chi connectivity index (χ2n) is 5.65. The Morgan fingerprint density at radius 1 is 0.808 bits per heavy atom. The number of hydrogen-bond donors (Lipinski definition) is 1. The maximum absolute atomic E-state index is 8.25. The van der Waals surface area contributed by atoms with Gasteiger partial charge < -0.3 is 15.3 Å². The number of benzene rings is 3. The molecule has 0 aliphatic rings. The van der Waals surface area contributed by atoms with Crippen molar-refractivity contribution < 1.29 is 9.65 Å². The molecule has 130 valence electrons. The van der Waals surface area contributed by atoms with E-state index in [2.05, 4.69) is 88.4 Å². The fourth-order valence-electron chi connectivity index (χ4n) is 2.88. The van der Waals surface area contributed by atoms with E-state index in [4.69, 9.17) is 15.3 Å². The van der Waals surface area contributed by atoms with Gasteiger partial charge in [0.05, 0.1) is 10.7 Å². The first kappa shape index (κ1) is 17.2. The van der Waals surface area contributed by atoms with Crippen LogP contribution in [0.5, 0.6) is 0 Å². The number of rotatable bonds is 3. The maximum Gasteiger partial charge on any atom is 0.287 e. The molecule has 6 nitrogen and oxygen atoms in total. The SMILES string of the molecule is O=[N+]([O-])[O-].c1ccc(C[n+]2c(-c3ccccc3)[nH]c3ccccc32)cc1. The van der Waals surface area contributed by atoms with Gasteiger partial charge in [0.15, 0.2) is 11.0 Å². The molecule has 6 heteroatoms. The lowest BCUT2D eigenvalue weighted by Crippen LogP contribution is -2.35. The van der Waals surface area contributed by atoms with Crippen molar-refractivity contribution in [3.8, 4) is 11.4 Å². The first-order valence-electron chi connectivity index (χ1n) is 8.06. The summed E-state index contributed by atoms with van der Waals surface area (Å²) in [6.45, 7) is 0.856. The molecule has 0 amide bonds. The van der Waals surface area contributed by atoms with Gasteiger partial charge >= 0.3 is 0 Å². The van der Waals surface area contributed by atoms with Crippen LogP contribution in [0.1, 0.15) is 5.56 Å². The van der Waals surface area contributed by atoms with Crippen LogP contribution in [0.25, 0.3) is 22.4 Å². The highest BCUT2D eigenvalue weighted by Gasteiger charge is 2.19. The molecule has 0 radical (unpaired) electrons. The number of imidazole rings is 1. The minimum absolute atomic E-state index is 0.856. The summed E-state index contributed by atoms with van der Waals surface area (Å²) in [6.07, 6.45) is 0. The number of hydrogen-bond acceptors (Lipinski definition) is 3. The molecule has 0 unspecified atom stereocenters. The molecule has 0 aliphatic heterocycles. The lowest BCUT2D eigenvalue weighted by atomic mass is 10.2. The summed E-state index contributed by atoms with van der Waals surface area (Å²) in [6, 6.07) is 29.5. The van der Waals surface area contributed by atoms with E-state index in [1.54, 1.807) is 0 Å². The Kier molecular flexibility index (Phi) is 5.24. The average Bonchev–Trinajstić information content (AvgIpc) is 3.02. The molecule has 1 N–H and O–H groups in total. The van der Waals surface area contributed by atoms with Gasteiger partial charge in [-0.05, 0) is 29.8 Å². The standard InChI is InChI=1S/C20H16N2.NO3/c1-3-9-16(10-4-1)15-22-19-14-8-7-13-18(19)21-20(22)17-11-5-2-6-12-17;2-1(3)4/h1-14H,15H2;/q;-1/p+1. The van der Waals surface area contributed by atoms with Gasteiger partial charge in [0, 0.05) is 0 Å². The number of aromatic amines is 1. The van der Waals surface area contributed by atoms with Gasteiger partial charge in [-0.3, -0.25) is 0 Å². The molecule has 3 aromatic carbocycles. The van der Waals surface area contributed by atoms with Crippen molar-refractivity contribution in [2.45, 2.75) is 6.54 Å². The Labute approximate surface area is 150 Å². The van der Waals surface area contributed by atoms with Crippen LogP contribution >= 0.6 is 0 Å². The van der Waals surface area contributed by atoms with Crippen LogP contribution in [0.4, 0.5) is 0 Å². The summed E-state index contributed by atoms with van der Waals surface area (Å²) >= 11 is 0. The highest BCUT2D eigenvalue weighted by atomic mass is 16.9. The van der Waals surface area contributed by atoms with E-state index in [0.717, 1.165) is 17.9 Å². The number of para-hydroxylation sites is 2. The largest absolute Gasteiger partial charge is 0.356 e. The molecule has 0 bridgehead atoms. The molecular weight excluding hydrogens is 330 g/mol. The average molecular weight is 347 g/mol. The number of fused-ring (bicyclic) bond motifs is 1. The monoisotopic (exact) mass is 347 g/mol. The molecular formula is C20H17N3O3. The van der Waals surface area contributed by atoms with E-state index in [1.807, 2.05) is 6.07 Å². The second kappa shape index (κ2) is 7.94. The quantitative estimate of drug-likeness (QED) is 0.346. The normalized spacial score (nSPS) is 10.2. The molecule has 0 saturated heterocycles. The van der Waals surface area contributed by atoms with Gasteiger partial charge in [0.1, 0.15) is 6.54 Å². The molecule has 4 aromatic rings. The lowest BCUT2D eigenvalue weighted by molar-refractivity contribution is -0.651. The van der Waals surface area contributed by atoms with Crippen LogP contribution < -0.4 is 4.57 Å². The summed E-state index contributed by atoms with van der Waals surface area (Å²) < 4.78 is 2.35. The molecule has 0 spiro atoms. The van der Waals surface area contributed by atoms with Crippen LogP contribution in [0, 0.1) is 15.3 Å². The first-order valence-corrected chi connectivity index (χ1v) is 8.06. The van der Waals surface area contributed by atoms with Crippen LogP contribution in [0.15, 0.2) is 84.9 Å². The summed E-state index contributed by atoms with van der Waals surface area (Å²) in [4.78, 5) is 11.8. The zero-order valence-corrected chi connectivity index (χ0v) is 13.9. The van der Waals surface area contributed by atoms with Gasteiger partial charge in [0.25, 0.3) is 5.82 Å². The first-order chi connectivity index (χ1) is 12.6. The molecule has 1 aromatic heterocycles. The van der Waals surface area contributed by atoms with Crippen molar-refractivity contribution >= 4 is 11.0 Å². The van der Waals surface area contributed by atoms with Crippen molar-refractivity contribution in [2.24, 2.45) is 0 Å². The van der Waals surface area contributed by atoms with E-state index >= 15 is 0 Å². The molecule has 0 fully saturated rings. The fraction of sp³-hybridized carbons (Fsp3) is 0.0500. The van der Waals surface area contributed by atoms with Gasteiger partial charge in [-0.1, -0.05) is 60.7 Å².